The predicted octanol–water partition coefficient (Wildman–Crippen LogP) is 4.40. The molecule has 1 heterocycles. The molecule has 2 aromatic rings. The van der Waals surface area contributed by atoms with Crippen LogP contribution in [-0.4, -0.2) is 9.97 Å². The van der Waals surface area contributed by atoms with Gasteiger partial charge in [0.15, 0.2) is 5.82 Å². The van der Waals surface area contributed by atoms with Gasteiger partial charge in [-0.05, 0) is 42.5 Å². The van der Waals surface area contributed by atoms with E-state index >= 15 is 0 Å². The molecular weight excluding hydrogens is 282 g/mol. The second-order valence-electron chi connectivity index (χ2n) is 4.91. The number of hydrogen-bond donors (Lipinski definition) is 0. The molecule has 0 unspecified atom stereocenters. The van der Waals surface area contributed by atoms with Gasteiger partial charge in [0.1, 0.15) is 0 Å². The van der Waals surface area contributed by atoms with Gasteiger partial charge in [0.25, 0.3) is 0 Å². The van der Waals surface area contributed by atoms with Crippen LogP contribution in [0.2, 0.25) is 0 Å². The smallest absolute Gasteiger partial charge is 0.213 e. The maximum absolute atomic E-state index is 13.8. The molecule has 0 amide bonds. The number of aryl methyl sites for hydroxylation is 2. The van der Waals surface area contributed by atoms with Crippen molar-refractivity contribution < 1.29 is 8.78 Å². The molecular formula is C18H16F2N2. The molecule has 0 aliphatic heterocycles. The molecule has 112 valence electrons. The largest absolute Gasteiger partial charge is 0.234 e. The number of rotatable bonds is 3. The summed E-state index contributed by atoms with van der Waals surface area (Å²) in [5.41, 5.74) is 2.60. The number of allylic oxidation sites excluding steroid dienone is 1. The van der Waals surface area contributed by atoms with Gasteiger partial charge in [-0.1, -0.05) is 31.4 Å². The highest BCUT2D eigenvalue weighted by Crippen LogP contribution is 2.17. The first-order valence-electron chi connectivity index (χ1n) is 7.05. The van der Waals surface area contributed by atoms with E-state index in [2.05, 4.69) is 28.7 Å². The van der Waals surface area contributed by atoms with Crippen molar-refractivity contribution in [3.05, 3.63) is 65.0 Å². The van der Waals surface area contributed by atoms with Crippen molar-refractivity contribution in [2.24, 2.45) is 0 Å². The molecule has 0 N–H and O–H groups in total. The average molecular weight is 298 g/mol. The summed E-state index contributed by atoms with van der Waals surface area (Å²) in [5.74, 6) is 2.16. The van der Waals surface area contributed by atoms with Crippen LogP contribution in [0.1, 0.15) is 35.9 Å². The molecule has 0 fully saturated rings. The first kappa shape index (κ1) is 15.8. The Balaban J connectivity index is 2.18. The summed E-state index contributed by atoms with van der Waals surface area (Å²) in [6.45, 7) is 3.87. The summed E-state index contributed by atoms with van der Waals surface area (Å²) < 4.78 is 27.5. The fourth-order valence-electron chi connectivity index (χ4n) is 1.83. The minimum atomic E-state index is -1.17. The van der Waals surface area contributed by atoms with Crippen LogP contribution in [0.4, 0.5) is 8.78 Å². The van der Waals surface area contributed by atoms with Crippen molar-refractivity contribution in [1.82, 2.24) is 9.97 Å². The highest BCUT2D eigenvalue weighted by molar-refractivity contribution is 5.60. The first-order valence-corrected chi connectivity index (χ1v) is 7.05. The maximum Gasteiger partial charge on any atom is 0.213 e. The molecule has 0 aliphatic rings. The lowest BCUT2D eigenvalue weighted by atomic mass is 10.1. The number of halogens is 2. The molecule has 0 spiro atoms. The van der Waals surface area contributed by atoms with E-state index in [1.165, 1.54) is 18.0 Å². The Labute approximate surface area is 128 Å². The van der Waals surface area contributed by atoms with Crippen LogP contribution in [0.5, 0.6) is 0 Å². The Morgan fingerprint density at radius 2 is 1.73 bits per heavy atom. The quantitative estimate of drug-likeness (QED) is 0.785. The molecule has 2 rings (SSSR count). The standard InChI is InChI=1S/C18H16F2N2/c1-3-4-14-5-7-15(8-6-14)9-10-16(19)17(20)18-21-11-13(2)12-22-18/h5-8,11-12H,3-4H2,1-2H3/b17-16+. The van der Waals surface area contributed by atoms with Crippen LogP contribution >= 0.6 is 0 Å². The van der Waals surface area contributed by atoms with Gasteiger partial charge in [0.05, 0.1) is 0 Å². The number of nitrogens with zero attached hydrogens (tertiary/aromatic N) is 2. The molecule has 22 heavy (non-hydrogen) atoms. The lowest BCUT2D eigenvalue weighted by molar-refractivity contribution is 0.629. The van der Waals surface area contributed by atoms with E-state index in [0.717, 1.165) is 18.4 Å². The summed E-state index contributed by atoms with van der Waals surface area (Å²) in [7, 11) is 0. The average Bonchev–Trinajstić information content (AvgIpc) is 2.54. The van der Waals surface area contributed by atoms with Gasteiger partial charge in [0.2, 0.25) is 11.7 Å². The Morgan fingerprint density at radius 3 is 2.32 bits per heavy atom. The highest BCUT2D eigenvalue weighted by atomic mass is 19.2. The van der Waals surface area contributed by atoms with Gasteiger partial charge in [0, 0.05) is 18.0 Å². The summed E-state index contributed by atoms with van der Waals surface area (Å²) in [6.07, 6.45) is 4.90. The van der Waals surface area contributed by atoms with Crippen molar-refractivity contribution in [1.29, 1.82) is 0 Å². The van der Waals surface area contributed by atoms with Crippen LogP contribution in [0.25, 0.3) is 5.83 Å². The van der Waals surface area contributed by atoms with Gasteiger partial charge in [-0.3, -0.25) is 0 Å². The van der Waals surface area contributed by atoms with Crippen LogP contribution in [0, 0.1) is 18.8 Å². The molecule has 4 heteroatoms. The third kappa shape index (κ3) is 4.23. The minimum absolute atomic E-state index is 0.296. The Bertz CT molecular complexity index is 720. The molecule has 0 aliphatic carbocycles. The second-order valence-corrected chi connectivity index (χ2v) is 4.91. The minimum Gasteiger partial charge on any atom is -0.234 e. The van der Waals surface area contributed by atoms with E-state index in [9.17, 15) is 8.78 Å². The van der Waals surface area contributed by atoms with E-state index in [4.69, 9.17) is 0 Å². The molecule has 0 saturated heterocycles. The third-order valence-corrected chi connectivity index (χ3v) is 2.98. The Kier molecular flexibility index (Phi) is 5.37. The van der Waals surface area contributed by atoms with Crippen LogP contribution < -0.4 is 0 Å². The lowest BCUT2D eigenvalue weighted by Crippen LogP contribution is -1.92. The van der Waals surface area contributed by atoms with Crippen molar-refractivity contribution in [3.63, 3.8) is 0 Å². The van der Waals surface area contributed by atoms with Gasteiger partial charge >= 0.3 is 0 Å². The SMILES string of the molecule is CCCc1ccc(C#C/C(F)=C(\F)c2ncc(C)cn2)cc1. The summed E-state index contributed by atoms with van der Waals surface area (Å²) in [4.78, 5) is 7.47. The molecule has 1 aromatic carbocycles. The third-order valence-electron chi connectivity index (χ3n) is 2.98. The first-order chi connectivity index (χ1) is 10.6. The molecule has 0 atom stereocenters. The summed E-state index contributed by atoms with van der Waals surface area (Å²) >= 11 is 0. The fourth-order valence-corrected chi connectivity index (χ4v) is 1.83. The Hall–Kier alpha value is -2.54. The number of benzene rings is 1. The predicted molar refractivity (Wildman–Crippen MR) is 83.2 cm³/mol. The van der Waals surface area contributed by atoms with E-state index in [0.29, 0.717) is 5.56 Å². The zero-order valence-electron chi connectivity index (χ0n) is 12.5. The van der Waals surface area contributed by atoms with E-state index < -0.39 is 11.7 Å². The molecule has 0 saturated carbocycles. The van der Waals surface area contributed by atoms with Crippen molar-refractivity contribution in [2.75, 3.05) is 0 Å². The topological polar surface area (TPSA) is 25.8 Å². The molecule has 2 nitrogen and oxygen atoms in total. The van der Waals surface area contributed by atoms with E-state index in [1.807, 2.05) is 12.1 Å². The highest BCUT2D eigenvalue weighted by Gasteiger charge is 2.09. The van der Waals surface area contributed by atoms with Crippen LogP contribution in [-0.2, 0) is 6.42 Å². The molecule has 0 bridgehead atoms. The van der Waals surface area contributed by atoms with Crippen LogP contribution in [0.15, 0.2) is 42.5 Å². The van der Waals surface area contributed by atoms with Crippen molar-refractivity contribution >= 4 is 5.83 Å². The number of aromatic nitrogens is 2. The van der Waals surface area contributed by atoms with Crippen molar-refractivity contribution in [2.45, 2.75) is 26.7 Å². The number of hydrogen-bond acceptors (Lipinski definition) is 2. The van der Waals surface area contributed by atoms with Crippen molar-refractivity contribution in [3.8, 4) is 11.8 Å². The van der Waals surface area contributed by atoms with Gasteiger partial charge in [-0.25, -0.2) is 9.97 Å². The fraction of sp³-hybridized carbons (Fsp3) is 0.222. The second kappa shape index (κ2) is 7.46. The normalized spacial score (nSPS) is 11.5. The monoisotopic (exact) mass is 298 g/mol. The van der Waals surface area contributed by atoms with Gasteiger partial charge in [-0.2, -0.15) is 8.78 Å². The summed E-state index contributed by atoms with van der Waals surface area (Å²) in [6, 6.07) is 7.47. The van der Waals surface area contributed by atoms with E-state index in [-0.39, 0.29) is 5.82 Å². The van der Waals surface area contributed by atoms with E-state index in [1.54, 1.807) is 19.1 Å². The van der Waals surface area contributed by atoms with Crippen LogP contribution in [0.3, 0.4) is 0 Å². The molecule has 0 radical (unpaired) electrons. The summed E-state index contributed by atoms with van der Waals surface area (Å²) in [5, 5.41) is 0. The lowest BCUT2D eigenvalue weighted by Gasteiger charge is -1.98. The van der Waals surface area contributed by atoms with Gasteiger partial charge < -0.3 is 0 Å². The zero-order chi connectivity index (χ0) is 15.9. The maximum atomic E-state index is 13.8. The zero-order valence-corrected chi connectivity index (χ0v) is 12.5. The Morgan fingerprint density at radius 1 is 1.09 bits per heavy atom. The molecule has 1 aromatic heterocycles. The van der Waals surface area contributed by atoms with Gasteiger partial charge in [-0.15, -0.1) is 0 Å².